The molecule has 0 saturated carbocycles. The number of nitrogens with zero attached hydrogens (tertiary/aromatic N) is 3. The van der Waals surface area contributed by atoms with Crippen molar-refractivity contribution in [3.8, 4) is 0 Å². The number of anilines is 2. The lowest BCUT2D eigenvalue weighted by Crippen LogP contribution is -2.45. The van der Waals surface area contributed by atoms with Gasteiger partial charge in [0.25, 0.3) is 0 Å². The van der Waals surface area contributed by atoms with Gasteiger partial charge in [0.2, 0.25) is 11.8 Å². The predicted octanol–water partition coefficient (Wildman–Crippen LogP) is 4.12. The van der Waals surface area contributed by atoms with Crippen LogP contribution in [0.15, 0.2) is 48.5 Å². The van der Waals surface area contributed by atoms with Gasteiger partial charge >= 0.3 is 0 Å². The van der Waals surface area contributed by atoms with Gasteiger partial charge in [-0.2, -0.15) is 0 Å². The van der Waals surface area contributed by atoms with Gasteiger partial charge in [0, 0.05) is 30.9 Å². The number of para-hydroxylation sites is 2. The predicted molar refractivity (Wildman–Crippen MR) is 132 cm³/mol. The number of aromatic nitrogens is 2. The van der Waals surface area contributed by atoms with Crippen LogP contribution in [-0.2, 0) is 22.6 Å². The topological polar surface area (TPSA) is 79.3 Å². The molecule has 0 radical (unpaired) electrons. The van der Waals surface area contributed by atoms with Crippen LogP contribution in [-0.4, -0.2) is 40.5 Å². The molecule has 2 aromatic carbocycles. The van der Waals surface area contributed by atoms with Gasteiger partial charge in [0.05, 0.1) is 11.0 Å². The molecule has 1 aromatic heterocycles. The van der Waals surface area contributed by atoms with E-state index in [1.807, 2.05) is 60.9 Å². The van der Waals surface area contributed by atoms with Crippen molar-refractivity contribution >= 4 is 34.2 Å². The van der Waals surface area contributed by atoms with E-state index < -0.39 is 6.04 Å². The molecular formula is C26H33N5O2. The minimum Gasteiger partial charge on any atom is -0.371 e. The minimum absolute atomic E-state index is 0.141. The number of benzene rings is 2. The molecule has 0 bridgehead atoms. The van der Waals surface area contributed by atoms with E-state index >= 15 is 0 Å². The van der Waals surface area contributed by atoms with Crippen LogP contribution in [0.3, 0.4) is 0 Å². The summed E-state index contributed by atoms with van der Waals surface area (Å²) in [6, 6.07) is 15.2. The maximum atomic E-state index is 13.0. The molecule has 1 aliphatic rings. The molecule has 2 N–H and O–H groups in total. The van der Waals surface area contributed by atoms with E-state index in [0.717, 1.165) is 54.2 Å². The fraction of sp³-hybridized carbons (Fsp3) is 0.423. The summed E-state index contributed by atoms with van der Waals surface area (Å²) in [6.45, 7) is 6.28. The number of amides is 2. The van der Waals surface area contributed by atoms with Gasteiger partial charge in [0.15, 0.2) is 0 Å². The molecule has 1 atom stereocenters. The van der Waals surface area contributed by atoms with E-state index in [2.05, 4.69) is 26.6 Å². The van der Waals surface area contributed by atoms with Gasteiger partial charge in [-0.05, 0) is 49.6 Å². The summed E-state index contributed by atoms with van der Waals surface area (Å²) < 4.78 is 1.94. The Hall–Kier alpha value is -3.35. The second-order valence-electron chi connectivity index (χ2n) is 8.60. The number of hydrogen-bond acceptors (Lipinski definition) is 4. The molecule has 3 aromatic rings. The monoisotopic (exact) mass is 447 g/mol. The summed E-state index contributed by atoms with van der Waals surface area (Å²) in [5.41, 5.74) is 3.69. The smallest absolute Gasteiger partial charge is 0.246 e. The number of carbonyl (C=O) groups excluding carboxylic acids is 2. The van der Waals surface area contributed by atoms with Crippen molar-refractivity contribution in [2.45, 2.75) is 58.5 Å². The summed E-state index contributed by atoms with van der Waals surface area (Å²) in [4.78, 5) is 33.0. The first-order chi connectivity index (χ1) is 16.1. The van der Waals surface area contributed by atoms with Crippen LogP contribution in [0, 0.1) is 0 Å². The number of hydrogen-bond donors (Lipinski definition) is 2. The first-order valence-corrected chi connectivity index (χ1v) is 12.0. The van der Waals surface area contributed by atoms with E-state index in [4.69, 9.17) is 0 Å². The molecule has 4 rings (SSSR count). The number of nitrogens with one attached hydrogen (secondary N) is 2. The second kappa shape index (κ2) is 10.5. The van der Waals surface area contributed by atoms with Crippen molar-refractivity contribution in [3.63, 3.8) is 0 Å². The molecule has 1 unspecified atom stereocenters. The molecule has 0 aliphatic carbocycles. The standard InChI is InChI=1S/C26H33N5O2/c1-3-10-22(26(33)27-19-11-9-12-20(17-19)30-15-7-8-16-30)29-25(32)18-31-23-14-6-5-13-21(23)28-24(31)4-2/h5-6,9,11-14,17,22H,3-4,7-8,10,15-16,18H2,1-2H3,(H,27,33)(H,29,32). The first-order valence-electron chi connectivity index (χ1n) is 12.0. The first kappa shape index (κ1) is 22.8. The zero-order valence-electron chi connectivity index (χ0n) is 19.5. The van der Waals surface area contributed by atoms with Gasteiger partial charge in [-0.25, -0.2) is 4.98 Å². The quantitative estimate of drug-likeness (QED) is 0.517. The number of imidazole rings is 1. The third-order valence-corrected chi connectivity index (χ3v) is 6.17. The van der Waals surface area contributed by atoms with E-state index in [9.17, 15) is 9.59 Å². The van der Waals surface area contributed by atoms with E-state index in [-0.39, 0.29) is 18.4 Å². The minimum atomic E-state index is -0.585. The Balaban J connectivity index is 1.44. The normalized spacial score (nSPS) is 14.4. The van der Waals surface area contributed by atoms with Gasteiger partial charge in [-0.3, -0.25) is 9.59 Å². The fourth-order valence-corrected chi connectivity index (χ4v) is 4.50. The summed E-state index contributed by atoms with van der Waals surface area (Å²) >= 11 is 0. The van der Waals surface area contributed by atoms with Crippen LogP contribution in [0.25, 0.3) is 11.0 Å². The van der Waals surface area contributed by atoms with Gasteiger partial charge in [0.1, 0.15) is 18.4 Å². The molecule has 7 heteroatoms. The highest BCUT2D eigenvalue weighted by atomic mass is 16.2. The Bertz CT molecular complexity index is 1120. The van der Waals surface area contributed by atoms with E-state index in [1.54, 1.807) is 0 Å². The molecule has 174 valence electrons. The maximum Gasteiger partial charge on any atom is 0.246 e. The molecule has 2 amide bonds. The Morgan fingerprint density at radius 2 is 1.85 bits per heavy atom. The highest BCUT2D eigenvalue weighted by Gasteiger charge is 2.22. The zero-order valence-corrected chi connectivity index (χ0v) is 19.5. The third kappa shape index (κ3) is 5.35. The van der Waals surface area contributed by atoms with E-state index in [1.165, 1.54) is 12.8 Å². The number of carbonyl (C=O) groups is 2. The zero-order chi connectivity index (χ0) is 23.2. The average Bonchev–Trinajstić information content (AvgIpc) is 3.48. The third-order valence-electron chi connectivity index (χ3n) is 6.17. The van der Waals surface area contributed by atoms with Crippen LogP contribution < -0.4 is 15.5 Å². The number of aryl methyl sites for hydroxylation is 1. The van der Waals surface area contributed by atoms with E-state index in [0.29, 0.717) is 6.42 Å². The average molecular weight is 448 g/mol. The summed E-state index contributed by atoms with van der Waals surface area (Å²) in [5.74, 6) is 0.490. The van der Waals surface area contributed by atoms with Gasteiger partial charge in [-0.1, -0.05) is 38.5 Å². The second-order valence-corrected chi connectivity index (χ2v) is 8.60. The lowest BCUT2D eigenvalue weighted by Gasteiger charge is -2.21. The number of fused-ring (bicyclic) bond motifs is 1. The SMILES string of the molecule is CCCC(NC(=O)Cn1c(CC)nc2ccccc21)C(=O)Nc1cccc(N2CCCC2)c1. The lowest BCUT2D eigenvalue weighted by atomic mass is 10.1. The van der Waals surface area contributed by atoms with Crippen molar-refractivity contribution < 1.29 is 9.59 Å². The maximum absolute atomic E-state index is 13.0. The largest absolute Gasteiger partial charge is 0.371 e. The number of rotatable bonds is 9. The summed E-state index contributed by atoms with van der Waals surface area (Å²) in [5, 5.41) is 5.96. The Morgan fingerprint density at radius 1 is 1.06 bits per heavy atom. The molecule has 1 saturated heterocycles. The Kier molecular flexibility index (Phi) is 7.27. The molecule has 1 fully saturated rings. The van der Waals surface area contributed by atoms with Crippen LogP contribution >= 0.6 is 0 Å². The van der Waals surface area contributed by atoms with Crippen molar-refractivity contribution in [3.05, 3.63) is 54.4 Å². The molecule has 7 nitrogen and oxygen atoms in total. The molecule has 0 spiro atoms. The lowest BCUT2D eigenvalue weighted by molar-refractivity contribution is -0.127. The van der Waals surface area contributed by atoms with Crippen LogP contribution in [0.1, 0.15) is 45.4 Å². The molecule has 1 aliphatic heterocycles. The van der Waals surface area contributed by atoms with Crippen molar-refractivity contribution in [1.29, 1.82) is 0 Å². The van der Waals surface area contributed by atoms with Crippen LogP contribution in [0.2, 0.25) is 0 Å². The molecule has 33 heavy (non-hydrogen) atoms. The van der Waals surface area contributed by atoms with Gasteiger partial charge in [-0.15, -0.1) is 0 Å². The fourth-order valence-electron chi connectivity index (χ4n) is 4.50. The Labute approximate surface area is 195 Å². The van der Waals surface area contributed by atoms with Gasteiger partial charge < -0.3 is 20.1 Å². The highest BCUT2D eigenvalue weighted by Crippen LogP contribution is 2.23. The van der Waals surface area contributed by atoms with Crippen LogP contribution in [0.5, 0.6) is 0 Å². The Morgan fingerprint density at radius 3 is 2.61 bits per heavy atom. The van der Waals surface area contributed by atoms with Crippen molar-refractivity contribution in [2.75, 3.05) is 23.3 Å². The highest BCUT2D eigenvalue weighted by molar-refractivity contribution is 5.97. The van der Waals surface area contributed by atoms with Crippen molar-refractivity contribution in [1.82, 2.24) is 14.9 Å². The van der Waals surface area contributed by atoms with Crippen molar-refractivity contribution in [2.24, 2.45) is 0 Å². The summed E-state index contributed by atoms with van der Waals surface area (Å²) in [6.07, 6.45) is 4.50. The van der Waals surface area contributed by atoms with Crippen LogP contribution in [0.4, 0.5) is 11.4 Å². The summed E-state index contributed by atoms with van der Waals surface area (Å²) in [7, 11) is 0. The molecule has 2 heterocycles. The molecular weight excluding hydrogens is 414 g/mol.